The third-order valence-electron chi connectivity index (χ3n) is 4.27. The molecule has 1 saturated heterocycles. The summed E-state index contributed by atoms with van der Waals surface area (Å²) in [5.74, 6) is 1.33. The molecule has 3 rings (SSSR count). The van der Waals surface area contributed by atoms with Gasteiger partial charge in [-0.15, -0.1) is 0 Å². The molecule has 2 aromatic rings. The van der Waals surface area contributed by atoms with Crippen molar-refractivity contribution in [3.8, 4) is 0 Å². The molecule has 23 heavy (non-hydrogen) atoms. The van der Waals surface area contributed by atoms with Crippen LogP contribution in [0.4, 0.5) is 11.5 Å². The second-order valence-corrected chi connectivity index (χ2v) is 7.38. The van der Waals surface area contributed by atoms with Gasteiger partial charge in [-0.3, -0.25) is 0 Å². The molecule has 1 aliphatic rings. The molecular formula is C16H20N4O2S. The molecule has 1 aliphatic heterocycles. The lowest BCUT2D eigenvalue weighted by Gasteiger charge is -2.33. The second kappa shape index (κ2) is 6.17. The average molecular weight is 332 g/mol. The molecule has 1 aromatic carbocycles. The summed E-state index contributed by atoms with van der Waals surface area (Å²) in [7, 11) is -3.63. The van der Waals surface area contributed by atoms with Crippen molar-refractivity contribution in [3.05, 3.63) is 48.2 Å². The first-order valence-corrected chi connectivity index (χ1v) is 9.07. The van der Waals surface area contributed by atoms with Gasteiger partial charge in [0.2, 0.25) is 10.0 Å². The minimum atomic E-state index is -3.63. The normalized spacial score (nSPS) is 16.5. The standard InChI is InChI=1S/C16H20N4O2S/c17-14-5-8-19-16(11-14)20-9-6-13(7-10-20)12-1-3-15(4-2-12)23(18,21)22/h1-5,8,11,13H,6-7,9-10H2,(H2,17,19)(H2,18,21,22). The van der Waals surface area contributed by atoms with E-state index in [1.807, 2.05) is 18.2 Å². The molecule has 6 nitrogen and oxygen atoms in total. The summed E-state index contributed by atoms with van der Waals surface area (Å²) in [4.78, 5) is 6.75. The molecule has 0 bridgehead atoms. The average Bonchev–Trinajstić information content (AvgIpc) is 2.54. The number of hydrogen-bond donors (Lipinski definition) is 2. The molecule has 2 heterocycles. The van der Waals surface area contributed by atoms with Gasteiger partial charge in [0.15, 0.2) is 0 Å². The van der Waals surface area contributed by atoms with Crippen LogP contribution >= 0.6 is 0 Å². The topological polar surface area (TPSA) is 102 Å². The van der Waals surface area contributed by atoms with Crippen molar-refractivity contribution < 1.29 is 8.42 Å². The number of aromatic nitrogens is 1. The molecule has 0 aliphatic carbocycles. The number of nitrogen functional groups attached to an aromatic ring is 1. The van der Waals surface area contributed by atoms with Crippen LogP contribution in [0.3, 0.4) is 0 Å². The molecule has 4 N–H and O–H groups in total. The number of benzene rings is 1. The van der Waals surface area contributed by atoms with Crippen LogP contribution in [0.5, 0.6) is 0 Å². The summed E-state index contributed by atoms with van der Waals surface area (Å²) in [6.07, 6.45) is 3.71. The Morgan fingerprint density at radius 3 is 2.30 bits per heavy atom. The van der Waals surface area contributed by atoms with Gasteiger partial charge in [-0.25, -0.2) is 18.5 Å². The van der Waals surface area contributed by atoms with E-state index < -0.39 is 10.0 Å². The molecule has 0 spiro atoms. The Hall–Kier alpha value is -2.12. The zero-order valence-corrected chi connectivity index (χ0v) is 13.5. The van der Waals surface area contributed by atoms with Gasteiger partial charge in [-0.05, 0) is 42.5 Å². The van der Waals surface area contributed by atoms with E-state index in [-0.39, 0.29) is 4.90 Å². The molecule has 122 valence electrons. The first kappa shape index (κ1) is 15.8. The minimum absolute atomic E-state index is 0.155. The predicted molar refractivity (Wildman–Crippen MR) is 90.7 cm³/mol. The van der Waals surface area contributed by atoms with Crippen LogP contribution in [-0.2, 0) is 10.0 Å². The van der Waals surface area contributed by atoms with Crippen molar-refractivity contribution in [1.29, 1.82) is 0 Å². The molecule has 0 saturated carbocycles. The van der Waals surface area contributed by atoms with Crippen LogP contribution in [0.25, 0.3) is 0 Å². The highest BCUT2D eigenvalue weighted by Crippen LogP contribution is 2.30. The molecule has 0 unspecified atom stereocenters. The third kappa shape index (κ3) is 3.62. The quantitative estimate of drug-likeness (QED) is 0.890. The second-order valence-electron chi connectivity index (χ2n) is 5.82. The van der Waals surface area contributed by atoms with Gasteiger partial charge in [0, 0.05) is 31.0 Å². The maximum absolute atomic E-state index is 11.3. The predicted octanol–water partition coefficient (Wildman–Crippen LogP) is 1.70. The molecule has 0 amide bonds. The molecule has 1 aromatic heterocycles. The fraction of sp³-hybridized carbons (Fsp3) is 0.312. The lowest BCUT2D eigenvalue weighted by atomic mass is 9.89. The van der Waals surface area contributed by atoms with Gasteiger partial charge < -0.3 is 10.6 Å². The van der Waals surface area contributed by atoms with Gasteiger partial charge >= 0.3 is 0 Å². The number of pyridine rings is 1. The minimum Gasteiger partial charge on any atom is -0.399 e. The van der Waals surface area contributed by atoms with Crippen molar-refractivity contribution in [2.45, 2.75) is 23.7 Å². The van der Waals surface area contributed by atoms with Crippen molar-refractivity contribution in [2.75, 3.05) is 23.7 Å². The highest BCUT2D eigenvalue weighted by molar-refractivity contribution is 7.89. The molecule has 1 fully saturated rings. The Balaban J connectivity index is 1.67. The van der Waals surface area contributed by atoms with Gasteiger partial charge in [0.1, 0.15) is 5.82 Å². The van der Waals surface area contributed by atoms with E-state index in [2.05, 4.69) is 9.88 Å². The van der Waals surface area contributed by atoms with Crippen molar-refractivity contribution >= 4 is 21.5 Å². The zero-order chi connectivity index (χ0) is 16.4. The summed E-state index contributed by atoms with van der Waals surface area (Å²) in [5, 5.41) is 5.13. The Kier molecular flexibility index (Phi) is 4.23. The molecule has 0 radical (unpaired) electrons. The van der Waals surface area contributed by atoms with Crippen LogP contribution in [0.15, 0.2) is 47.5 Å². The number of hydrogen-bond acceptors (Lipinski definition) is 5. The molecule has 0 atom stereocenters. The highest BCUT2D eigenvalue weighted by Gasteiger charge is 2.22. The number of primary sulfonamides is 1. The fourth-order valence-corrected chi connectivity index (χ4v) is 3.49. The summed E-state index contributed by atoms with van der Waals surface area (Å²) in [6.45, 7) is 1.80. The SMILES string of the molecule is Nc1ccnc(N2CCC(c3ccc(S(N)(=O)=O)cc3)CC2)c1. The van der Waals surface area contributed by atoms with Crippen molar-refractivity contribution in [2.24, 2.45) is 5.14 Å². The Morgan fingerprint density at radius 2 is 1.74 bits per heavy atom. The number of rotatable bonds is 3. The van der Waals surface area contributed by atoms with Crippen LogP contribution in [0.1, 0.15) is 24.3 Å². The number of nitrogens with zero attached hydrogens (tertiary/aromatic N) is 2. The van der Waals surface area contributed by atoms with E-state index >= 15 is 0 Å². The largest absolute Gasteiger partial charge is 0.399 e. The molecule has 7 heteroatoms. The smallest absolute Gasteiger partial charge is 0.238 e. The van der Waals surface area contributed by atoms with Crippen molar-refractivity contribution in [1.82, 2.24) is 4.98 Å². The van der Waals surface area contributed by atoms with E-state index in [9.17, 15) is 8.42 Å². The number of nitrogens with two attached hydrogens (primary N) is 2. The first-order chi connectivity index (χ1) is 10.9. The molecular weight excluding hydrogens is 312 g/mol. The summed E-state index contributed by atoms with van der Waals surface area (Å²) >= 11 is 0. The summed E-state index contributed by atoms with van der Waals surface area (Å²) in [6, 6.07) is 10.6. The third-order valence-corrected chi connectivity index (χ3v) is 5.20. The fourth-order valence-electron chi connectivity index (χ4n) is 2.98. The van der Waals surface area contributed by atoms with E-state index in [1.165, 1.54) is 0 Å². The van der Waals surface area contributed by atoms with Gasteiger partial charge in [0.25, 0.3) is 0 Å². The first-order valence-electron chi connectivity index (χ1n) is 7.53. The summed E-state index contributed by atoms with van der Waals surface area (Å²) < 4.78 is 22.6. The van der Waals surface area contributed by atoms with Crippen LogP contribution in [-0.4, -0.2) is 26.5 Å². The zero-order valence-electron chi connectivity index (χ0n) is 12.7. The highest BCUT2D eigenvalue weighted by atomic mass is 32.2. The van der Waals surface area contributed by atoms with Crippen molar-refractivity contribution in [3.63, 3.8) is 0 Å². The van der Waals surface area contributed by atoms with E-state index in [0.717, 1.165) is 43.0 Å². The number of anilines is 2. The van der Waals surface area contributed by atoms with E-state index in [0.29, 0.717) is 5.92 Å². The number of sulfonamides is 1. The van der Waals surface area contributed by atoms with Gasteiger partial charge in [-0.1, -0.05) is 12.1 Å². The van der Waals surface area contributed by atoms with Gasteiger partial charge in [-0.2, -0.15) is 0 Å². The maximum atomic E-state index is 11.3. The Labute approximate surface area is 136 Å². The van der Waals surface area contributed by atoms with E-state index in [1.54, 1.807) is 24.4 Å². The van der Waals surface area contributed by atoms with Crippen LogP contribution in [0, 0.1) is 0 Å². The Morgan fingerprint density at radius 1 is 1.09 bits per heavy atom. The maximum Gasteiger partial charge on any atom is 0.238 e. The Bertz CT molecular complexity index is 782. The lowest BCUT2D eigenvalue weighted by Crippen LogP contribution is -2.33. The summed E-state index contributed by atoms with van der Waals surface area (Å²) in [5.41, 5.74) is 7.68. The number of piperidine rings is 1. The monoisotopic (exact) mass is 332 g/mol. The van der Waals surface area contributed by atoms with Gasteiger partial charge in [0.05, 0.1) is 4.90 Å². The van der Waals surface area contributed by atoms with E-state index in [4.69, 9.17) is 10.9 Å². The van der Waals surface area contributed by atoms with Crippen LogP contribution < -0.4 is 15.8 Å². The lowest BCUT2D eigenvalue weighted by molar-refractivity contribution is 0.502. The van der Waals surface area contributed by atoms with Crippen LogP contribution in [0.2, 0.25) is 0 Å².